The fourth-order valence-electron chi connectivity index (χ4n) is 1.48. The number of aromatic nitrogens is 2. The summed E-state index contributed by atoms with van der Waals surface area (Å²) in [6.07, 6.45) is 2.58. The maximum Gasteiger partial charge on any atom is 0.0986 e. The molecule has 2 rings (SSSR count). The van der Waals surface area contributed by atoms with Crippen LogP contribution in [0.25, 0.3) is 0 Å². The first-order valence-electron chi connectivity index (χ1n) is 4.86. The Balaban J connectivity index is 2.11. The first kappa shape index (κ1) is 11.0. The van der Waals surface area contributed by atoms with Crippen molar-refractivity contribution in [3.63, 3.8) is 0 Å². The molecule has 0 aliphatic rings. The van der Waals surface area contributed by atoms with Crippen LogP contribution < -0.4 is 5.73 Å². The molecule has 0 saturated heterocycles. The minimum Gasteiger partial charge on any atom is -0.396 e. The van der Waals surface area contributed by atoms with Gasteiger partial charge in [-0.3, -0.25) is 4.68 Å². The third-order valence-corrected chi connectivity index (χ3v) is 2.48. The minimum absolute atomic E-state index is 0.359. The second-order valence-electron chi connectivity index (χ2n) is 3.57. The second kappa shape index (κ2) is 4.55. The molecule has 0 saturated carbocycles. The maximum atomic E-state index is 9.95. The van der Waals surface area contributed by atoms with E-state index in [-0.39, 0.29) is 0 Å². The van der Waals surface area contributed by atoms with Crippen LogP contribution in [0.3, 0.4) is 0 Å². The molecule has 0 spiro atoms. The van der Waals surface area contributed by atoms with Crippen LogP contribution in [0.5, 0.6) is 0 Å². The van der Waals surface area contributed by atoms with Gasteiger partial charge in [-0.15, -0.1) is 0 Å². The van der Waals surface area contributed by atoms with Gasteiger partial charge in [0.25, 0.3) is 0 Å². The van der Waals surface area contributed by atoms with Crippen molar-refractivity contribution >= 4 is 17.3 Å². The van der Waals surface area contributed by atoms with E-state index in [1.807, 2.05) is 6.07 Å². The third-order valence-electron chi connectivity index (χ3n) is 2.25. The van der Waals surface area contributed by atoms with Gasteiger partial charge in [0.15, 0.2) is 0 Å². The molecule has 0 amide bonds. The van der Waals surface area contributed by atoms with Crippen molar-refractivity contribution in [2.75, 3.05) is 5.73 Å². The Morgan fingerprint density at radius 3 is 2.94 bits per heavy atom. The van der Waals surface area contributed by atoms with Gasteiger partial charge in [-0.1, -0.05) is 23.7 Å². The lowest BCUT2D eigenvalue weighted by atomic mass is 10.1. The molecule has 0 aliphatic heterocycles. The molecule has 5 heteroatoms. The number of rotatable bonds is 3. The fourth-order valence-corrected chi connectivity index (χ4v) is 1.67. The summed E-state index contributed by atoms with van der Waals surface area (Å²) in [6.45, 7) is 0.359. The largest absolute Gasteiger partial charge is 0.396 e. The molecule has 0 aliphatic carbocycles. The molecule has 4 nitrogen and oxygen atoms in total. The average molecular weight is 238 g/mol. The van der Waals surface area contributed by atoms with E-state index in [9.17, 15) is 5.11 Å². The topological polar surface area (TPSA) is 64.1 Å². The first-order valence-corrected chi connectivity index (χ1v) is 5.24. The average Bonchev–Trinajstić information content (AvgIpc) is 2.64. The molecule has 16 heavy (non-hydrogen) atoms. The number of hydrogen-bond donors (Lipinski definition) is 2. The highest BCUT2D eigenvalue weighted by atomic mass is 35.5. The zero-order valence-corrected chi connectivity index (χ0v) is 9.30. The number of anilines is 1. The summed E-state index contributed by atoms with van der Waals surface area (Å²) in [7, 11) is 0. The van der Waals surface area contributed by atoms with E-state index < -0.39 is 6.10 Å². The normalized spacial score (nSPS) is 12.6. The first-order chi connectivity index (χ1) is 7.65. The summed E-state index contributed by atoms with van der Waals surface area (Å²) in [5, 5.41) is 14.6. The molecule has 1 unspecified atom stereocenters. The zero-order valence-electron chi connectivity index (χ0n) is 8.55. The van der Waals surface area contributed by atoms with Crippen molar-refractivity contribution in [1.29, 1.82) is 0 Å². The summed E-state index contributed by atoms with van der Waals surface area (Å²) in [5.41, 5.74) is 6.88. The fraction of sp³-hybridized carbons (Fsp3) is 0.182. The number of halogens is 1. The Labute approximate surface area is 98.3 Å². The summed E-state index contributed by atoms with van der Waals surface area (Å²) in [4.78, 5) is 0. The molecule has 3 N–H and O–H groups in total. The van der Waals surface area contributed by atoms with Crippen LogP contribution in [-0.2, 0) is 6.54 Å². The second-order valence-corrected chi connectivity index (χ2v) is 4.00. The SMILES string of the molecule is Nc1cnn(CC(O)c2cccc(Cl)c2)c1. The highest BCUT2D eigenvalue weighted by Gasteiger charge is 2.09. The van der Waals surface area contributed by atoms with Crippen molar-refractivity contribution in [2.45, 2.75) is 12.6 Å². The lowest BCUT2D eigenvalue weighted by Crippen LogP contribution is -2.08. The third kappa shape index (κ3) is 2.53. The van der Waals surface area contributed by atoms with Gasteiger partial charge in [-0.05, 0) is 17.7 Å². The molecule has 1 aromatic heterocycles. The molecule has 1 atom stereocenters. The van der Waals surface area contributed by atoms with E-state index in [2.05, 4.69) is 5.10 Å². The van der Waals surface area contributed by atoms with Gasteiger partial charge < -0.3 is 10.8 Å². The quantitative estimate of drug-likeness (QED) is 0.856. The predicted octanol–water partition coefficient (Wildman–Crippen LogP) is 1.85. The number of benzene rings is 1. The Bertz CT molecular complexity index is 484. The van der Waals surface area contributed by atoms with Crippen LogP contribution in [0.4, 0.5) is 5.69 Å². The molecule has 0 bridgehead atoms. The van der Waals surface area contributed by atoms with Gasteiger partial charge in [0, 0.05) is 11.2 Å². The van der Waals surface area contributed by atoms with Gasteiger partial charge in [0.1, 0.15) is 0 Å². The summed E-state index contributed by atoms with van der Waals surface area (Å²) in [6, 6.07) is 7.13. The molecule has 1 heterocycles. The Morgan fingerprint density at radius 2 is 2.31 bits per heavy atom. The Kier molecular flexibility index (Phi) is 3.12. The van der Waals surface area contributed by atoms with E-state index >= 15 is 0 Å². The number of aliphatic hydroxyl groups is 1. The van der Waals surface area contributed by atoms with Crippen LogP contribution in [0.2, 0.25) is 5.02 Å². The number of hydrogen-bond acceptors (Lipinski definition) is 3. The molecular formula is C11H12ClN3O. The smallest absolute Gasteiger partial charge is 0.0986 e. The van der Waals surface area contributed by atoms with E-state index in [4.69, 9.17) is 17.3 Å². The van der Waals surface area contributed by atoms with Gasteiger partial charge in [0.2, 0.25) is 0 Å². The number of aliphatic hydroxyl groups excluding tert-OH is 1. The van der Waals surface area contributed by atoms with E-state index in [0.29, 0.717) is 17.3 Å². The highest BCUT2D eigenvalue weighted by molar-refractivity contribution is 6.30. The van der Waals surface area contributed by atoms with Crippen LogP contribution >= 0.6 is 11.6 Å². The molecule has 0 radical (unpaired) electrons. The van der Waals surface area contributed by atoms with Gasteiger partial charge in [-0.2, -0.15) is 5.10 Å². The molecular weight excluding hydrogens is 226 g/mol. The summed E-state index contributed by atoms with van der Waals surface area (Å²) < 4.78 is 1.60. The maximum absolute atomic E-state index is 9.95. The molecule has 0 fully saturated rings. The summed E-state index contributed by atoms with van der Waals surface area (Å²) >= 11 is 5.84. The van der Waals surface area contributed by atoms with E-state index in [1.165, 1.54) is 0 Å². The van der Waals surface area contributed by atoms with Crippen LogP contribution in [0.15, 0.2) is 36.7 Å². The van der Waals surface area contributed by atoms with Crippen molar-refractivity contribution in [3.8, 4) is 0 Å². The van der Waals surface area contributed by atoms with Gasteiger partial charge in [0.05, 0.1) is 24.5 Å². The Morgan fingerprint density at radius 1 is 1.50 bits per heavy atom. The van der Waals surface area contributed by atoms with Crippen molar-refractivity contribution in [3.05, 3.63) is 47.2 Å². The summed E-state index contributed by atoms with van der Waals surface area (Å²) in [5.74, 6) is 0. The van der Waals surface area contributed by atoms with Gasteiger partial charge in [-0.25, -0.2) is 0 Å². The van der Waals surface area contributed by atoms with Crippen LogP contribution in [0, 0.1) is 0 Å². The molecule has 84 valence electrons. The lowest BCUT2D eigenvalue weighted by Gasteiger charge is -2.11. The monoisotopic (exact) mass is 237 g/mol. The van der Waals surface area contributed by atoms with E-state index in [0.717, 1.165) is 5.56 Å². The highest BCUT2D eigenvalue weighted by Crippen LogP contribution is 2.19. The van der Waals surface area contributed by atoms with E-state index in [1.54, 1.807) is 35.3 Å². The van der Waals surface area contributed by atoms with Crippen molar-refractivity contribution in [2.24, 2.45) is 0 Å². The molecule has 2 aromatic rings. The molecule has 1 aromatic carbocycles. The van der Waals surface area contributed by atoms with Gasteiger partial charge >= 0.3 is 0 Å². The predicted molar refractivity (Wildman–Crippen MR) is 63.1 cm³/mol. The number of nitrogen functional groups attached to an aromatic ring is 1. The van der Waals surface area contributed by atoms with Crippen LogP contribution in [-0.4, -0.2) is 14.9 Å². The Hall–Kier alpha value is -1.52. The standard InChI is InChI=1S/C11H12ClN3O/c12-9-3-1-2-8(4-9)11(16)7-15-6-10(13)5-14-15/h1-6,11,16H,7,13H2. The lowest BCUT2D eigenvalue weighted by molar-refractivity contribution is 0.151. The minimum atomic E-state index is -0.641. The van der Waals surface area contributed by atoms with Crippen molar-refractivity contribution in [1.82, 2.24) is 9.78 Å². The number of nitrogens with zero attached hydrogens (tertiary/aromatic N) is 2. The van der Waals surface area contributed by atoms with Crippen molar-refractivity contribution < 1.29 is 5.11 Å². The van der Waals surface area contributed by atoms with Crippen LogP contribution in [0.1, 0.15) is 11.7 Å². The number of nitrogens with two attached hydrogens (primary N) is 1. The zero-order chi connectivity index (χ0) is 11.5.